The Morgan fingerprint density at radius 2 is 1.46 bits per heavy atom. The average Bonchev–Trinajstić information content (AvgIpc) is 2.97. The van der Waals surface area contributed by atoms with Crippen LogP contribution >= 0.6 is 0 Å². The fraction of sp³-hybridized carbons (Fsp3) is 0.303. The minimum absolute atomic E-state index is 0.0130. The van der Waals surface area contributed by atoms with E-state index in [1.165, 1.54) is 29.3 Å². The van der Waals surface area contributed by atoms with Gasteiger partial charge < -0.3 is 16.0 Å². The Morgan fingerprint density at radius 1 is 0.846 bits per heavy atom. The lowest BCUT2D eigenvalue weighted by molar-refractivity contribution is -0.139. The third kappa shape index (κ3) is 10.6. The first-order valence-corrected chi connectivity index (χ1v) is 13.6. The smallest absolute Gasteiger partial charge is 0.309 e. The first-order valence-electron chi connectivity index (χ1n) is 13.6. The lowest BCUT2D eigenvalue weighted by Crippen LogP contribution is -2.40. The van der Waals surface area contributed by atoms with Gasteiger partial charge in [-0.2, -0.15) is 0 Å². The average molecular weight is 530 g/mol. The molecule has 0 radical (unpaired) electrons. The maximum Gasteiger partial charge on any atom is 0.309 e. The van der Waals surface area contributed by atoms with Gasteiger partial charge in [0.1, 0.15) is 0 Å². The number of allylic oxidation sites excluding steroid dienone is 1. The number of ketones is 1. The maximum atomic E-state index is 12.2. The maximum absolute atomic E-state index is 12.2. The Kier molecular flexibility index (Phi) is 15.3. The van der Waals surface area contributed by atoms with Gasteiger partial charge in [-0.3, -0.25) is 14.4 Å². The van der Waals surface area contributed by atoms with Gasteiger partial charge in [-0.05, 0) is 48.2 Å². The van der Waals surface area contributed by atoms with E-state index < -0.39 is 11.8 Å². The predicted octanol–water partition coefficient (Wildman–Crippen LogP) is 6.48. The van der Waals surface area contributed by atoms with Gasteiger partial charge in [-0.25, -0.2) is 0 Å². The summed E-state index contributed by atoms with van der Waals surface area (Å²) in [7, 11) is 0. The number of amides is 2. The van der Waals surface area contributed by atoms with Gasteiger partial charge in [0.25, 0.3) is 0 Å². The number of hydrogen-bond donors (Lipinski definition) is 3. The second kappa shape index (κ2) is 18.1. The topological polar surface area (TPSA) is 87.3 Å². The summed E-state index contributed by atoms with van der Waals surface area (Å²) in [6, 6.07) is 22.2. The van der Waals surface area contributed by atoms with Crippen LogP contribution in [-0.4, -0.2) is 24.1 Å². The molecule has 3 rings (SSSR count). The zero-order valence-corrected chi connectivity index (χ0v) is 24.1. The first-order chi connectivity index (χ1) is 18.9. The van der Waals surface area contributed by atoms with Crippen molar-refractivity contribution in [2.75, 3.05) is 6.54 Å². The van der Waals surface area contributed by atoms with Gasteiger partial charge in [0.15, 0.2) is 5.78 Å². The minimum Gasteiger partial charge on any atom is -0.378 e. The van der Waals surface area contributed by atoms with E-state index in [-0.39, 0.29) is 24.9 Å². The van der Waals surface area contributed by atoms with Crippen LogP contribution in [0.2, 0.25) is 0 Å². The molecule has 39 heavy (non-hydrogen) atoms. The van der Waals surface area contributed by atoms with Crippen molar-refractivity contribution in [2.45, 2.75) is 60.5 Å². The standard InChI is InChI=1S/C29H31N3O3.2C2H6/c1-20(33)11-8-9-18-30-28(34)29(35)31-19-24-13-5-6-15-25(24)21(2)32-22(3)26-17-10-14-23-12-4-7-16-27(23)26;2*1-2/h4-8,10-17,22,32H,2,9,18-19H2,1,3H3,(H,30,34)(H,31,35);2*1-2H3/b11-8+;;. The number of carbonyl (C=O) groups excluding carboxylic acids is 3. The van der Waals surface area contributed by atoms with Crippen LogP contribution in [0.1, 0.15) is 70.7 Å². The van der Waals surface area contributed by atoms with Gasteiger partial charge in [-0.15, -0.1) is 0 Å². The van der Waals surface area contributed by atoms with Crippen LogP contribution in [0.5, 0.6) is 0 Å². The fourth-order valence-corrected chi connectivity index (χ4v) is 3.87. The predicted molar refractivity (Wildman–Crippen MR) is 163 cm³/mol. The molecule has 0 bridgehead atoms. The lowest BCUT2D eigenvalue weighted by Gasteiger charge is -2.21. The van der Waals surface area contributed by atoms with Crippen LogP contribution in [-0.2, 0) is 20.9 Å². The van der Waals surface area contributed by atoms with E-state index in [0.717, 1.165) is 16.8 Å². The molecule has 0 saturated heterocycles. The van der Waals surface area contributed by atoms with Crippen molar-refractivity contribution in [3.05, 3.63) is 102 Å². The molecule has 0 aliphatic carbocycles. The van der Waals surface area contributed by atoms with Crippen LogP contribution in [0.15, 0.2) is 85.5 Å². The van der Waals surface area contributed by atoms with Crippen LogP contribution in [0.4, 0.5) is 0 Å². The lowest BCUT2D eigenvalue weighted by atomic mass is 9.98. The fourth-order valence-electron chi connectivity index (χ4n) is 3.87. The Labute approximate surface area is 233 Å². The summed E-state index contributed by atoms with van der Waals surface area (Å²) in [5.41, 5.74) is 3.62. The number of hydrogen-bond acceptors (Lipinski definition) is 4. The summed E-state index contributed by atoms with van der Waals surface area (Å²) >= 11 is 0. The molecule has 6 nitrogen and oxygen atoms in total. The van der Waals surface area contributed by atoms with Crippen molar-refractivity contribution in [1.82, 2.24) is 16.0 Å². The summed E-state index contributed by atoms with van der Waals surface area (Å²) in [5.74, 6) is -1.48. The van der Waals surface area contributed by atoms with Crippen molar-refractivity contribution in [3.8, 4) is 0 Å². The van der Waals surface area contributed by atoms with E-state index in [0.29, 0.717) is 6.42 Å². The van der Waals surface area contributed by atoms with Crippen molar-refractivity contribution in [3.63, 3.8) is 0 Å². The number of nitrogens with one attached hydrogen (secondary N) is 3. The van der Waals surface area contributed by atoms with E-state index in [1.54, 1.807) is 6.08 Å². The van der Waals surface area contributed by atoms with E-state index >= 15 is 0 Å². The molecule has 0 fully saturated rings. The molecular formula is C33H43N3O3. The molecule has 0 saturated carbocycles. The van der Waals surface area contributed by atoms with Crippen molar-refractivity contribution in [1.29, 1.82) is 0 Å². The Balaban J connectivity index is 0.00000181. The van der Waals surface area contributed by atoms with Gasteiger partial charge in [0.2, 0.25) is 0 Å². The monoisotopic (exact) mass is 529 g/mol. The molecular weight excluding hydrogens is 486 g/mol. The molecule has 1 unspecified atom stereocenters. The van der Waals surface area contributed by atoms with Gasteiger partial charge in [-0.1, -0.05) is 107 Å². The van der Waals surface area contributed by atoms with Crippen molar-refractivity contribution >= 4 is 34.1 Å². The summed E-state index contributed by atoms with van der Waals surface area (Å²) in [4.78, 5) is 35.1. The van der Waals surface area contributed by atoms with E-state index in [1.807, 2.05) is 70.2 Å². The number of benzene rings is 3. The molecule has 3 aromatic carbocycles. The molecule has 0 heterocycles. The van der Waals surface area contributed by atoms with E-state index in [4.69, 9.17) is 0 Å². The highest BCUT2D eigenvalue weighted by atomic mass is 16.2. The summed E-state index contributed by atoms with van der Waals surface area (Å²) in [6.45, 7) is 16.2. The molecule has 3 aromatic rings. The minimum atomic E-state index is -0.710. The highest BCUT2D eigenvalue weighted by Gasteiger charge is 2.15. The van der Waals surface area contributed by atoms with Gasteiger partial charge in [0.05, 0.1) is 0 Å². The second-order valence-corrected chi connectivity index (χ2v) is 8.31. The summed E-state index contributed by atoms with van der Waals surface area (Å²) in [6.07, 6.45) is 3.57. The summed E-state index contributed by atoms with van der Waals surface area (Å²) in [5, 5.41) is 11.1. The third-order valence-electron chi connectivity index (χ3n) is 5.62. The molecule has 0 aliphatic heterocycles. The Hall–Kier alpha value is -4.19. The Bertz CT molecular complexity index is 1260. The van der Waals surface area contributed by atoms with E-state index in [2.05, 4.69) is 53.7 Å². The normalized spacial score (nSPS) is 10.8. The SMILES string of the molecule is C=C(NC(C)c1cccc2ccccc12)c1ccccc1CNC(=O)C(=O)NCC/C=C/C(C)=O.CC.CC. The molecule has 3 N–H and O–H groups in total. The third-order valence-corrected chi connectivity index (χ3v) is 5.62. The van der Waals surface area contributed by atoms with E-state index in [9.17, 15) is 14.4 Å². The largest absolute Gasteiger partial charge is 0.378 e. The molecule has 6 heteroatoms. The molecule has 0 aromatic heterocycles. The molecule has 0 spiro atoms. The van der Waals surface area contributed by atoms with Crippen LogP contribution in [0.25, 0.3) is 16.5 Å². The number of rotatable bonds is 10. The molecule has 0 aliphatic rings. The zero-order valence-electron chi connectivity index (χ0n) is 24.1. The molecule has 2 amide bonds. The first kappa shape index (κ1) is 32.8. The van der Waals surface area contributed by atoms with Crippen molar-refractivity contribution < 1.29 is 14.4 Å². The van der Waals surface area contributed by atoms with Crippen LogP contribution in [0.3, 0.4) is 0 Å². The van der Waals surface area contributed by atoms with Crippen LogP contribution < -0.4 is 16.0 Å². The quantitative estimate of drug-likeness (QED) is 0.159. The zero-order chi connectivity index (χ0) is 29.2. The highest BCUT2D eigenvalue weighted by Crippen LogP contribution is 2.26. The van der Waals surface area contributed by atoms with Gasteiger partial charge >= 0.3 is 11.8 Å². The number of fused-ring (bicyclic) bond motifs is 1. The summed E-state index contributed by atoms with van der Waals surface area (Å²) < 4.78 is 0. The Morgan fingerprint density at radius 3 is 2.18 bits per heavy atom. The molecule has 1 atom stereocenters. The van der Waals surface area contributed by atoms with Crippen molar-refractivity contribution in [2.24, 2.45) is 0 Å². The van der Waals surface area contributed by atoms with Crippen LogP contribution in [0, 0.1) is 0 Å². The number of carbonyl (C=O) groups is 3. The highest BCUT2D eigenvalue weighted by molar-refractivity contribution is 6.35. The van der Waals surface area contributed by atoms with Gasteiger partial charge in [0, 0.05) is 30.4 Å². The second-order valence-electron chi connectivity index (χ2n) is 8.31. The molecule has 208 valence electrons.